The first kappa shape index (κ1) is 20.8. The molecule has 6 nitrogen and oxygen atoms in total. The van der Waals surface area contributed by atoms with Crippen LogP contribution in [-0.4, -0.2) is 46.8 Å². The quantitative estimate of drug-likeness (QED) is 0.547. The number of rotatable bonds is 7. The molecule has 1 N–H and O–H groups in total. The Morgan fingerprint density at radius 2 is 2.18 bits per heavy atom. The Bertz CT molecular complexity index is 948. The molecule has 0 saturated heterocycles. The van der Waals surface area contributed by atoms with Crippen molar-refractivity contribution in [2.75, 3.05) is 31.7 Å². The Morgan fingerprint density at radius 1 is 1.39 bits per heavy atom. The molecule has 0 fully saturated rings. The molecule has 1 aliphatic carbocycles. The molecule has 1 amide bonds. The summed E-state index contributed by atoms with van der Waals surface area (Å²) in [5.41, 5.74) is 2.26. The fourth-order valence-corrected chi connectivity index (χ4v) is 4.20. The Hall–Kier alpha value is -1.90. The van der Waals surface area contributed by atoms with Crippen LogP contribution in [0, 0.1) is 5.82 Å². The molecule has 0 unspecified atom stereocenters. The van der Waals surface area contributed by atoms with Gasteiger partial charge >= 0.3 is 5.69 Å². The Labute approximate surface area is 172 Å². The fraction of sp³-hybridized carbons (Fsp3) is 0.421. The van der Waals surface area contributed by atoms with E-state index < -0.39 is 5.82 Å². The van der Waals surface area contributed by atoms with Crippen molar-refractivity contribution in [1.82, 2.24) is 14.5 Å². The second kappa shape index (κ2) is 9.07. The second-order valence-corrected chi connectivity index (χ2v) is 8.27. The van der Waals surface area contributed by atoms with E-state index in [0.717, 1.165) is 37.1 Å². The Kier molecular flexibility index (Phi) is 6.74. The third-order valence-electron chi connectivity index (χ3n) is 4.51. The van der Waals surface area contributed by atoms with Crippen molar-refractivity contribution in [2.45, 2.75) is 30.8 Å². The van der Waals surface area contributed by atoms with Gasteiger partial charge in [0.05, 0.1) is 10.8 Å². The maximum absolute atomic E-state index is 13.2. The van der Waals surface area contributed by atoms with Crippen LogP contribution in [0.25, 0.3) is 0 Å². The molecule has 9 heteroatoms. The molecule has 0 saturated carbocycles. The summed E-state index contributed by atoms with van der Waals surface area (Å²) < 4.78 is 15.0. The van der Waals surface area contributed by atoms with Crippen molar-refractivity contribution in [3.63, 3.8) is 0 Å². The van der Waals surface area contributed by atoms with Crippen molar-refractivity contribution in [1.29, 1.82) is 0 Å². The minimum Gasteiger partial charge on any atom is -0.325 e. The number of hydrogen-bond acceptors (Lipinski definition) is 5. The summed E-state index contributed by atoms with van der Waals surface area (Å²) in [6, 6.07) is 4.01. The number of carbonyl (C=O) groups is 1. The van der Waals surface area contributed by atoms with Crippen molar-refractivity contribution in [3.8, 4) is 0 Å². The molecular formula is C19H22ClFN4O2S. The zero-order valence-corrected chi connectivity index (χ0v) is 17.4. The zero-order chi connectivity index (χ0) is 20.3. The first-order chi connectivity index (χ1) is 13.3. The molecule has 28 heavy (non-hydrogen) atoms. The van der Waals surface area contributed by atoms with E-state index in [4.69, 9.17) is 11.6 Å². The summed E-state index contributed by atoms with van der Waals surface area (Å²) in [5, 5.41) is 3.26. The highest BCUT2D eigenvalue weighted by Gasteiger charge is 2.22. The topological polar surface area (TPSA) is 67.2 Å². The lowest BCUT2D eigenvalue weighted by Crippen LogP contribution is -2.31. The van der Waals surface area contributed by atoms with Crippen LogP contribution in [0.4, 0.5) is 10.1 Å². The normalized spacial score (nSPS) is 13.0. The van der Waals surface area contributed by atoms with Gasteiger partial charge in [0.25, 0.3) is 0 Å². The molecule has 0 bridgehead atoms. The SMILES string of the molecule is CN(C)CCn1c2c(c(SCC(=O)Nc3ccc(F)c(Cl)c3)nc1=O)CCC2. The van der Waals surface area contributed by atoms with E-state index >= 15 is 0 Å². The molecule has 1 aliphatic rings. The minimum atomic E-state index is -0.538. The van der Waals surface area contributed by atoms with E-state index in [1.807, 2.05) is 19.0 Å². The van der Waals surface area contributed by atoms with Crippen LogP contribution in [0.15, 0.2) is 28.0 Å². The number of anilines is 1. The van der Waals surface area contributed by atoms with E-state index in [-0.39, 0.29) is 22.4 Å². The zero-order valence-electron chi connectivity index (χ0n) is 15.8. The highest BCUT2D eigenvalue weighted by Crippen LogP contribution is 2.29. The standard InChI is InChI=1S/C19H22ClFN4O2S/c1-24(2)8-9-25-16-5-3-4-13(16)18(23-19(25)27)28-11-17(26)22-12-6-7-15(21)14(20)10-12/h6-7,10H,3-5,8-9,11H2,1-2H3,(H,22,26). The van der Waals surface area contributed by atoms with Crippen LogP contribution in [0.1, 0.15) is 17.7 Å². The Balaban J connectivity index is 1.70. The molecule has 2 aromatic rings. The van der Waals surface area contributed by atoms with Gasteiger partial charge in [-0.2, -0.15) is 4.98 Å². The van der Waals surface area contributed by atoms with Gasteiger partial charge in [-0.1, -0.05) is 23.4 Å². The van der Waals surface area contributed by atoms with Crippen LogP contribution < -0.4 is 11.0 Å². The number of aromatic nitrogens is 2. The van der Waals surface area contributed by atoms with Gasteiger partial charge in [0.2, 0.25) is 5.91 Å². The van der Waals surface area contributed by atoms with Gasteiger partial charge in [-0.25, -0.2) is 9.18 Å². The predicted molar refractivity (Wildman–Crippen MR) is 110 cm³/mol. The molecule has 1 aromatic heterocycles. The molecule has 1 aromatic carbocycles. The van der Waals surface area contributed by atoms with Gasteiger partial charge in [0.15, 0.2) is 0 Å². The monoisotopic (exact) mass is 424 g/mol. The molecule has 0 aliphatic heterocycles. The number of thioether (sulfide) groups is 1. The number of carbonyl (C=O) groups excluding carboxylic acids is 1. The van der Waals surface area contributed by atoms with Crippen LogP contribution >= 0.6 is 23.4 Å². The number of amides is 1. The minimum absolute atomic E-state index is 0.0497. The van der Waals surface area contributed by atoms with Gasteiger partial charge < -0.3 is 10.2 Å². The molecule has 3 rings (SSSR count). The summed E-state index contributed by atoms with van der Waals surface area (Å²) in [5.74, 6) is -0.697. The van der Waals surface area contributed by atoms with Gasteiger partial charge in [-0.15, -0.1) is 0 Å². The summed E-state index contributed by atoms with van der Waals surface area (Å²) in [6.07, 6.45) is 2.70. The number of benzene rings is 1. The summed E-state index contributed by atoms with van der Waals surface area (Å²) >= 11 is 6.98. The summed E-state index contributed by atoms with van der Waals surface area (Å²) in [6.45, 7) is 1.38. The van der Waals surface area contributed by atoms with Gasteiger partial charge in [-0.3, -0.25) is 9.36 Å². The lowest BCUT2D eigenvalue weighted by Gasteiger charge is -2.16. The molecule has 0 atom stereocenters. The highest BCUT2D eigenvalue weighted by atomic mass is 35.5. The van der Waals surface area contributed by atoms with Gasteiger partial charge in [0, 0.05) is 30.0 Å². The lowest BCUT2D eigenvalue weighted by atomic mass is 10.2. The average Bonchev–Trinajstić information content (AvgIpc) is 3.11. The number of halogens is 2. The number of fused-ring (bicyclic) bond motifs is 1. The number of hydrogen-bond donors (Lipinski definition) is 1. The maximum Gasteiger partial charge on any atom is 0.348 e. The van der Waals surface area contributed by atoms with Crippen LogP contribution in [0.5, 0.6) is 0 Å². The van der Waals surface area contributed by atoms with Crippen molar-refractivity contribution >= 4 is 35.0 Å². The number of nitrogens with zero attached hydrogens (tertiary/aromatic N) is 3. The van der Waals surface area contributed by atoms with Gasteiger partial charge in [-0.05, 0) is 51.6 Å². The van der Waals surface area contributed by atoms with E-state index in [1.165, 1.54) is 30.0 Å². The Morgan fingerprint density at radius 3 is 2.89 bits per heavy atom. The van der Waals surface area contributed by atoms with Crippen LogP contribution in [0.2, 0.25) is 5.02 Å². The highest BCUT2D eigenvalue weighted by molar-refractivity contribution is 8.00. The van der Waals surface area contributed by atoms with Crippen molar-refractivity contribution in [3.05, 3.63) is 50.8 Å². The van der Waals surface area contributed by atoms with E-state index in [1.54, 1.807) is 4.57 Å². The summed E-state index contributed by atoms with van der Waals surface area (Å²) in [7, 11) is 3.94. The van der Waals surface area contributed by atoms with Crippen LogP contribution in [-0.2, 0) is 24.2 Å². The number of likely N-dealkylation sites (N-methyl/N-ethyl adjacent to an activating group) is 1. The maximum atomic E-state index is 13.2. The first-order valence-corrected chi connectivity index (χ1v) is 10.4. The second-order valence-electron chi connectivity index (χ2n) is 6.90. The molecule has 0 radical (unpaired) electrons. The smallest absolute Gasteiger partial charge is 0.325 e. The van der Waals surface area contributed by atoms with Crippen molar-refractivity contribution in [2.24, 2.45) is 0 Å². The average molecular weight is 425 g/mol. The third-order valence-corrected chi connectivity index (χ3v) is 5.82. The largest absolute Gasteiger partial charge is 0.348 e. The molecule has 150 valence electrons. The lowest BCUT2D eigenvalue weighted by molar-refractivity contribution is -0.113. The fourth-order valence-electron chi connectivity index (χ4n) is 3.14. The number of nitrogens with one attached hydrogen (secondary N) is 1. The van der Waals surface area contributed by atoms with Crippen LogP contribution in [0.3, 0.4) is 0 Å². The third kappa shape index (κ3) is 4.92. The predicted octanol–water partition coefficient (Wildman–Crippen LogP) is 2.82. The van der Waals surface area contributed by atoms with Gasteiger partial charge in [0.1, 0.15) is 10.8 Å². The summed E-state index contributed by atoms with van der Waals surface area (Å²) in [4.78, 5) is 31.0. The molecular weight excluding hydrogens is 403 g/mol. The molecule has 1 heterocycles. The van der Waals surface area contributed by atoms with E-state index in [9.17, 15) is 14.0 Å². The van der Waals surface area contributed by atoms with E-state index in [2.05, 4.69) is 10.3 Å². The van der Waals surface area contributed by atoms with Crippen molar-refractivity contribution < 1.29 is 9.18 Å². The van der Waals surface area contributed by atoms with E-state index in [0.29, 0.717) is 17.3 Å². The first-order valence-electron chi connectivity index (χ1n) is 9.00. The molecule has 0 spiro atoms.